The molecule has 0 bridgehead atoms. The molecule has 0 aromatic carbocycles. The van der Waals surface area contributed by atoms with Crippen LogP contribution < -0.4 is 15.4 Å². The predicted octanol–water partition coefficient (Wildman–Crippen LogP) is 1.39. The van der Waals surface area contributed by atoms with Crippen molar-refractivity contribution in [3.63, 3.8) is 0 Å². The molecule has 1 spiro atoms. The summed E-state index contributed by atoms with van der Waals surface area (Å²) >= 11 is 0. The van der Waals surface area contributed by atoms with Crippen molar-refractivity contribution in [2.75, 3.05) is 33.8 Å². The van der Waals surface area contributed by atoms with Crippen LogP contribution in [0.4, 0.5) is 0 Å². The van der Waals surface area contributed by atoms with Crippen molar-refractivity contribution in [2.24, 2.45) is 10.4 Å². The normalized spacial score (nSPS) is 23.2. The number of pyridine rings is 1. The summed E-state index contributed by atoms with van der Waals surface area (Å²) in [5.74, 6) is 1.65. The fraction of sp³-hybridized carbons (Fsp3) is 0.588. The van der Waals surface area contributed by atoms with Gasteiger partial charge in [0.05, 0.1) is 7.11 Å². The Kier molecular flexibility index (Phi) is 6.86. The predicted molar refractivity (Wildman–Crippen MR) is 107 cm³/mol. The van der Waals surface area contributed by atoms with E-state index >= 15 is 0 Å². The zero-order chi connectivity index (χ0) is 17.0. The Bertz CT molecular complexity index is 639. The van der Waals surface area contributed by atoms with Crippen molar-refractivity contribution < 1.29 is 9.53 Å². The number of amides is 1. The van der Waals surface area contributed by atoms with Gasteiger partial charge in [-0.25, -0.2) is 4.98 Å². The summed E-state index contributed by atoms with van der Waals surface area (Å²) in [5, 5.41) is 6.38. The Morgan fingerprint density at radius 1 is 1.56 bits per heavy atom. The molecule has 2 aliphatic rings. The van der Waals surface area contributed by atoms with Crippen LogP contribution in [0.15, 0.2) is 23.3 Å². The number of nitrogens with one attached hydrogen (secondary N) is 2. The van der Waals surface area contributed by atoms with Gasteiger partial charge in [-0.1, -0.05) is 6.07 Å². The van der Waals surface area contributed by atoms with Gasteiger partial charge in [-0.15, -0.1) is 24.0 Å². The molecule has 0 aliphatic carbocycles. The molecule has 1 aromatic rings. The molecule has 2 N–H and O–H groups in total. The van der Waals surface area contributed by atoms with Crippen LogP contribution in [0.25, 0.3) is 0 Å². The quantitative estimate of drug-likeness (QED) is 0.406. The van der Waals surface area contributed by atoms with Crippen molar-refractivity contribution in [1.82, 2.24) is 20.5 Å². The molecule has 2 saturated heterocycles. The van der Waals surface area contributed by atoms with Crippen LogP contribution in [0, 0.1) is 5.41 Å². The van der Waals surface area contributed by atoms with Crippen LogP contribution in [0.5, 0.6) is 5.88 Å². The number of halogens is 1. The molecule has 0 saturated carbocycles. The SMILES string of the molecule is CN=C(NCc1cccnc1OC)N1CCCC2(CNC(=O)C2)C1.I. The molecule has 138 valence electrons. The number of guanidine groups is 1. The van der Waals surface area contributed by atoms with E-state index in [2.05, 4.69) is 25.5 Å². The Balaban J connectivity index is 0.00000225. The van der Waals surface area contributed by atoms with Gasteiger partial charge in [0, 0.05) is 56.8 Å². The summed E-state index contributed by atoms with van der Waals surface area (Å²) in [6, 6.07) is 3.89. The number of methoxy groups -OCH3 is 1. The minimum absolute atomic E-state index is 0. The Hall–Kier alpha value is -1.58. The first-order chi connectivity index (χ1) is 11.7. The second-order valence-corrected chi connectivity index (χ2v) is 6.55. The molecule has 1 amide bonds. The summed E-state index contributed by atoms with van der Waals surface area (Å²) in [6.45, 7) is 3.19. The molecule has 3 heterocycles. The van der Waals surface area contributed by atoms with Crippen LogP contribution in [-0.2, 0) is 11.3 Å². The third-order valence-electron chi connectivity index (χ3n) is 4.85. The van der Waals surface area contributed by atoms with E-state index in [1.165, 1.54) is 0 Å². The van der Waals surface area contributed by atoms with Gasteiger partial charge in [0.25, 0.3) is 0 Å². The number of carbonyl (C=O) groups is 1. The van der Waals surface area contributed by atoms with Gasteiger partial charge < -0.3 is 20.3 Å². The Morgan fingerprint density at radius 3 is 3.08 bits per heavy atom. The first-order valence-electron chi connectivity index (χ1n) is 8.36. The summed E-state index contributed by atoms with van der Waals surface area (Å²) in [5.41, 5.74) is 1.05. The number of hydrogen-bond acceptors (Lipinski definition) is 4. The summed E-state index contributed by atoms with van der Waals surface area (Å²) < 4.78 is 5.29. The number of rotatable bonds is 3. The lowest BCUT2D eigenvalue weighted by atomic mass is 9.79. The summed E-state index contributed by atoms with van der Waals surface area (Å²) in [7, 11) is 3.42. The highest BCUT2D eigenvalue weighted by Gasteiger charge is 2.42. The van der Waals surface area contributed by atoms with E-state index in [0.29, 0.717) is 18.8 Å². The van der Waals surface area contributed by atoms with Gasteiger partial charge in [0.15, 0.2) is 5.96 Å². The minimum atomic E-state index is 0. The average molecular weight is 459 g/mol. The van der Waals surface area contributed by atoms with E-state index in [1.807, 2.05) is 12.1 Å². The first-order valence-corrected chi connectivity index (χ1v) is 8.36. The van der Waals surface area contributed by atoms with Gasteiger partial charge in [-0.05, 0) is 18.9 Å². The number of ether oxygens (including phenoxy) is 1. The van der Waals surface area contributed by atoms with E-state index in [4.69, 9.17) is 4.74 Å². The molecule has 25 heavy (non-hydrogen) atoms. The molecule has 0 radical (unpaired) electrons. The molecule has 7 nitrogen and oxygen atoms in total. The fourth-order valence-corrected chi connectivity index (χ4v) is 3.68. The van der Waals surface area contributed by atoms with Crippen molar-refractivity contribution >= 4 is 35.8 Å². The smallest absolute Gasteiger partial charge is 0.220 e. The maximum Gasteiger partial charge on any atom is 0.220 e. The van der Waals surface area contributed by atoms with Crippen LogP contribution in [0.2, 0.25) is 0 Å². The largest absolute Gasteiger partial charge is 0.481 e. The van der Waals surface area contributed by atoms with E-state index in [0.717, 1.165) is 44.0 Å². The van der Waals surface area contributed by atoms with Gasteiger partial charge >= 0.3 is 0 Å². The molecule has 2 fully saturated rings. The standard InChI is InChI=1S/C17H25N5O2.HI/c1-18-16(20-10-13-5-3-7-19-15(13)24-2)22-8-4-6-17(12-22)9-14(23)21-11-17;/h3,5,7H,4,6,8-12H2,1-2H3,(H,18,20)(H,21,23);1H. The zero-order valence-electron chi connectivity index (χ0n) is 14.7. The van der Waals surface area contributed by atoms with E-state index in [1.54, 1.807) is 20.4 Å². The number of carbonyl (C=O) groups excluding carboxylic acids is 1. The first kappa shape index (κ1) is 19.7. The van der Waals surface area contributed by atoms with Crippen molar-refractivity contribution in [1.29, 1.82) is 0 Å². The lowest BCUT2D eigenvalue weighted by molar-refractivity contribution is -0.119. The lowest BCUT2D eigenvalue weighted by Crippen LogP contribution is -2.51. The lowest BCUT2D eigenvalue weighted by Gasteiger charge is -2.40. The fourth-order valence-electron chi connectivity index (χ4n) is 3.68. The minimum Gasteiger partial charge on any atom is -0.481 e. The molecule has 1 atom stereocenters. The molecule has 3 rings (SSSR count). The van der Waals surface area contributed by atoms with E-state index < -0.39 is 0 Å². The average Bonchev–Trinajstić information content (AvgIpc) is 2.96. The molecule has 1 unspecified atom stereocenters. The van der Waals surface area contributed by atoms with E-state index in [-0.39, 0.29) is 35.3 Å². The zero-order valence-corrected chi connectivity index (χ0v) is 17.1. The van der Waals surface area contributed by atoms with Gasteiger partial charge in [0.2, 0.25) is 11.8 Å². The third-order valence-corrected chi connectivity index (χ3v) is 4.85. The van der Waals surface area contributed by atoms with Gasteiger partial charge in [-0.3, -0.25) is 9.79 Å². The van der Waals surface area contributed by atoms with Gasteiger partial charge in [0.1, 0.15) is 0 Å². The Morgan fingerprint density at radius 2 is 2.40 bits per heavy atom. The number of likely N-dealkylation sites (tertiary alicyclic amines) is 1. The second-order valence-electron chi connectivity index (χ2n) is 6.55. The van der Waals surface area contributed by atoms with Crippen LogP contribution in [-0.4, -0.2) is 55.5 Å². The molecular weight excluding hydrogens is 433 g/mol. The van der Waals surface area contributed by atoms with Crippen LogP contribution >= 0.6 is 24.0 Å². The van der Waals surface area contributed by atoms with Crippen LogP contribution in [0.3, 0.4) is 0 Å². The van der Waals surface area contributed by atoms with Crippen molar-refractivity contribution in [2.45, 2.75) is 25.8 Å². The second kappa shape index (κ2) is 8.68. The van der Waals surface area contributed by atoms with Crippen molar-refractivity contribution in [3.8, 4) is 5.88 Å². The number of aromatic nitrogens is 1. The highest BCUT2D eigenvalue weighted by molar-refractivity contribution is 14.0. The maximum absolute atomic E-state index is 11.6. The third kappa shape index (κ3) is 4.53. The van der Waals surface area contributed by atoms with Crippen LogP contribution in [0.1, 0.15) is 24.8 Å². The number of aliphatic imine (C=N–C) groups is 1. The monoisotopic (exact) mass is 459 g/mol. The number of hydrogen-bond donors (Lipinski definition) is 2. The highest BCUT2D eigenvalue weighted by atomic mass is 127. The molecule has 2 aliphatic heterocycles. The summed E-state index contributed by atoms with van der Waals surface area (Å²) in [6.07, 6.45) is 4.51. The van der Waals surface area contributed by atoms with E-state index in [9.17, 15) is 4.79 Å². The molecule has 8 heteroatoms. The molecule has 1 aromatic heterocycles. The molecular formula is C17H26IN5O2. The Labute approximate surface area is 165 Å². The maximum atomic E-state index is 11.6. The highest BCUT2D eigenvalue weighted by Crippen LogP contribution is 2.36. The summed E-state index contributed by atoms with van der Waals surface area (Å²) in [4.78, 5) is 22.5. The topological polar surface area (TPSA) is 78.9 Å². The van der Waals surface area contributed by atoms with Gasteiger partial charge in [-0.2, -0.15) is 0 Å². The number of nitrogens with zero attached hydrogens (tertiary/aromatic N) is 3. The number of piperidine rings is 1. The van der Waals surface area contributed by atoms with Crippen molar-refractivity contribution in [3.05, 3.63) is 23.9 Å².